The lowest BCUT2D eigenvalue weighted by Crippen LogP contribution is -2.37. The van der Waals surface area contributed by atoms with E-state index in [0.717, 1.165) is 25.7 Å². The van der Waals surface area contributed by atoms with E-state index in [4.69, 9.17) is 10.5 Å². The summed E-state index contributed by atoms with van der Waals surface area (Å²) in [5.41, 5.74) is 4.18. The number of rotatable bonds is 4. The second kappa shape index (κ2) is 4.75. The molecule has 0 aliphatic heterocycles. The van der Waals surface area contributed by atoms with Crippen molar-refractivity contribution in [3.8, 4) is 0 Å². The van der Waals surface area contributed by atoms with Crippen LogP contribution < -0.4 is 5.73 Å². The number of hydrogen-bond donors (Lipinski definition) is 2. The van der Waals surface area contributed by atoms with E-state index < -0.39 is 5.60 Å². The lowest BCUT2D eigenvalue weighted by Gasteiger charge is -2.21. The summed E-state index contributed by atoms with van der Waals surface area (Å²) in [5.74, 6) is -0.340. The Balaban J connectivity index is 2.27. The molecule has 82 valence electrons. The molecule has 1 unspecified atom stereocenters. The minimum atomic E-state index is -1.13. The Morgan fingerprint density at radius 1 is 1.57 bits per heavy atom. The Hall–Kier alpha value is -0.610. The van der Waals surface area contributed by atoms with Crippen molar-refractivity contribution in [2.75, 3.05) is 6.54 Å². The van der Waals surface area contributed by atoms with Crippen LogP contribution in [0, 0.1) is 0 Å². The standard InChI is InChI=1S/C10H19NO3/c1-10(13,7-11)6-9(12)14-8-4-2-3-5-8/h8,13H,2-7,11H2,1H3. The van der Waals surface area contributed by atoms with Crippen LogP contribution in [0.25, 0.3) is 0 Å². The maximum absolute atomic E-state index is 11.3. The molecule has 1 atom stereocenters. The molecule has 1 aliphatic carbocycles. The van der Waals surface area contributed by atoms with Crippen molar-refractivity contribution in [2.24, 2.45) is 5.73 Å². The van der Waals surface area contributed by atoms with E-state index >= 15 is 0 Å². The van der Waals surface area contributed by atoms with E-state index in [-0.39, 0.29) is 25.0 Å². The van der Waals surface area contributed by atoms with E-state index in [1.165, 1.54) is 0 Å². The summed E-state index contributed by atoms with van der Waals surface area (Å²) in [6, 6.07) is 0. The molecule has 0 saturated heterocycles. The summed E-state index contributed by atoms with van der Waals surface area (Å²) >= 11 is 0. The minimum absolute atomic E-state index is 0.0139. The molecule has 0 aromatic heterocycles. The number of nitrogens with two attached hydrogens (primary N) is 1. The SMILES string of the molecule is CC(O)(CN)CC(=O)OC1CCCC1. The molecular weight excluding hydrogens is 182 g/mol. The molecule has 0 heterocycles. The Kier molecular flexibility index (Phi) is 3.89. The topological polar surface area (TPSA) is 72.5 Å². The van der Waals surface area contributed by atoms with E-state index in [1.807, 2.05) is 0 Å². The number of ether oxygens (including phenoxy) is 1. The molecule has 1 saturated carbocycles. The number of esters is 1. The lowest BCUT2D eigenvalue weighted by molar-refractivity contribution is -0.153. The van der Waals surface area contributed by atoms with Gasteiger partial charge in [0.25, 0.3) is 0 Å². The molecule has 4 nitrogen and oxygen atoms in total. The largest absolute Gasteiger partial charge is 0.462 e. The Labute approximate surface area is 84.4 Å². The van der Waals surface area contributed by atoms with Gasteiger partial charge in [0.1, 0.15) is 6.10 Å². The normalized spacial score (nSPS) is 21.9. The van der Waals surface area contributed by atoms with Crippen LogP contribution in [0.15, 0.2) is 0 Å². The van der Waals surface area contributed by atoms with Gasteiger partial charge in [-0.25, -0.2) is 0 Å². The first kappa shape index (κ1) is 11.5. The van der Waals surface area contributed by atoms with Gasteiger partial charge < -0.3 is 15.6 Å². The van der Waals surface area contributed by atoms with Crippen LogP contribution in [0.4, 0.5) is 0 Å². The van der Waals surface area contributed by atoms with Crippen molar-refractivity contribution in [3.63, 3.8) is 0 Å². The molecule has 0 aromatic rings. The van der Waals surface area contributed by atoms with Crippen molar-refractivity contribution >= 4 is 5.97 Å². The van der Waals surface area contributed by atoms with Crippen molar-refractivity contribution < 1.29 is 14.6 Å². The van der Waals surface area contributed by atoms with Crippen LogP contribution in [0.2, 0.25) is 0 Å². The highest BCUT2D eigenvalue weighted by molar-refractivity contribution is 5.70. The predicted octanol–water partition coefficient (Wildman–Crippen LogP) is 0.572. The van der Waals surface area contributed by atoms with Gasteiger partial charge in [0.05, 0.1) is 12.0 Å². The first-order valence-corrected chi connectivity index (χ1v) is 5.15. The second-order valence-corrected chi connectivity index (χ2v) is 4.27. The van der Waals surface area contributed by atoms with Crippen LogP contribution in [0.5, 0.6) is 0 Å². The molecule has 0 spiro atoms. The molecule has 0 radical (unpaired) electrons. The monoisotopic (exact) mass is 201 g/mol. The molecule has 14 heavy (non-hydrogen) atoms. The van der Waals surface area contributed by atoms with Crippen LogP contribution in [-0.2, 0) is 9.53 Å². The first-order chi connectivity index (χ1) is 6.53. The summed E-state index contributed by atoms with van der Waals surface area (Å²) in [4.78, 5) is 11.3. The minimum Gasteiger partial charge on any atom is -0.462 e. The molecule has 0 amide bonds. The fourth-order valence-corrected chi connectivity index (χ4v) is 1.62. The number of carbonyl (C=O) groups excluding carboxylic acids is 1. The van der Waals surface area contributed by atoms with Gasteiger partial charge in [-0.2, -0.15) is 0 Å². The van der Waals surface area contributed by atoms with Gasteiger partial charge in [0.2, 0.25) is 0 Å². The van der Waals surface area contributed by atoms with Crippen molar-refractivity contribution in [2.45, 2.75) is 50.7 Å². The van der Waals surface area contributed by atoms with Crippen LogP contribution in [0.1, 0.15) is 39.0 Å². The highest BCUT2D eigenvalue weighted by atomic mass is 16.5. The molecular formula is C10H19NO3. The summed E-state index contributed by atoms with van der Waals surface area (Å²) in [6.07, 6.45) is 4.22. The van der Waals surface area contributed by atoms with E-state index in [0.29, 0.717) is 0 Å². The molecule has 0 aromatic carbocycles. The van der Waals surface area contributed by atoms with Gasteiger partial charge in [-0.1, -0.05) is 0 Å². The highest BCUT2D eigenvalue weighted by Crippen LogP contribution is 2.22. The fraction of sp³-hybridized carbons (Fsp3) is 0.900. The molecule has 0 bridgehead atoms. The summed E-state index contributed by atoms with van der Waals surface area (Å²) in [6.45, 7) is 1.62. The summed E-state index contributed by atoms with van der Waals surface area (Å²) < 4.78 is 5.19. The number of aliphatic hydroxyl groups is 1. The second-order valence-electron chi connectivity index (χ2n) is 4.27. The van der Waals surface area contributed by atoms with E-state index in [1.54, 1.807) is 6.92 Å². The molecule has 4 heteroatoms. The Morgan fingerprint density at radius 3 is 2.64 bits per heavy atom. The van der Waals surface area contributed by atoms with Gasteiger partial charge in [-0.3, -0.25) is 4.79 Å². The van der Waals surface area contributed by atoms with Crippen LogP contribution in [-0.4, -0.2) is 29.3 Å². The zero-order valence-corrected chi connectivity index (χ0v) is 8.66. The van der Waals surface area contributed by atoms with Gasteiger partial charge in [-0.15, -0.1) is 0 Å². The Morgan fingerprint density at radius 2 is 2.14 bits per heavy atom. The van der Waals surface area contributed by atoms with Gasteiger partial charge in [-0.05, 0) is 32.6 Å². The zero-order chi connectivity index (χ0) is 10.6. The third-order valence-electron chi connectivity index (χ3n) is 2.57. The quantitative estimate of drug-likeness (QED) is 0.652. The molecule has 3 N–H and O–H groups in total. The average Bonchev–Trinajstić information content (AvgIpc) is 2.55. The van der Waals surface area contributed by atoms with Gasteiger partial charge in [0, 0.05) is 6.54 Å². The van der Waals surface area contributed by atoms with Gasteiger partial charge in [0.15, 0.2) is 0 Å². The molecule has 1 fully saturated rings. The van der Waals surface area contributed by atoms with E-state index in [9.17, 15) is 9.90 Å². The van der Waals surface area contributed by atoms with Gasteiger partial charge >= 0.3 is 5.97 Å². The smallest absolute Gasteiger partial charge is 0.309 e. The summed E-state index contributed by atoms with van der Waals surface area (Å²) in [7, 11) is 0. The third kappa shape index (κ3) is 3.64. The lowest BCUT2D eigenvalue weighted by atomic mass is 10.0. The van der Waals surface area contributed by atoms with Crippen molar-refractivity contribution in [3.05, 3.63) is 0 Å². The predicted molar refractivity (Wildman–Crippen MR) is 52.6 cm³/mol. The van der Waals surface area contributed by atoms with Crippen LogP contribution >= 0.6 is 0 Å². The zero-order valence-electron chi connectivity index (χ0n) is 8.66. The van der Waals surface area contributed by atoms with E-state index in [2.05, 4.69) is 0 Å². The first-order valence-electron chi connectivity index (χ1n) is 5.15. The summed E-state index contributed by atoms with van der Waals surface area (Å²) in [5, 5.41) is 9.54. The van der Waals surface area contributed by atoms with Crippen molar-refractivity contribution in [1.29, 1.82) is 0 Å². The van der Waals surface area contributed by atoms with Crippen LogP contribution in [0.3, 0.4) is 0 Å². The van der Waals surface area contributed by atoms with Crippen molar-refractivity contribution in [1.82, 2.24) is 0 Å². The molecule has 1 aliphatic rings. The third-order valence-corrected chi connectivity index (χ3v) is 2.57. The Bertz CT molecular complexity index is 198. The average molecular weight is 201 g/mol. The number of carbonyl (C=O) groups is 1. The molecule has 1 rings (SSSR count). The highest BCUT2D eigenvalue weighted by Gasteiger charge is 2.26. The maximum atomic E-state index is 11.3. The fourth-order valence-electron chi connectivity index (χ4n) is 1.62. The number of hydrogen-bond acceptors (Lipinski definition) is 4. The maximum Gasteiger partial charge on any atom is 0.309 e.